The lowest BCUT2D eigenvalue weighted by atomic mass is 10.2. The van der Waals surface area contributed by atoms with Crippen molar-refractivity contribution < 1.29 is 4.79 Å². The van der Waals surface area contributed by atoms with Crippen molar-refractivity contribution in [2.75, 3.05) is 7.05 Å². The van der Waals surface area contributed by atoms with Crippen molar-refractivity contribution in [1.82, 2.24) is 16.2 Å². The fraction of sp³-hybridized carbons (Fsp3) is 0.111. The Bertz CT molecular complexity index is 425. The highest BCUT2D eigenvalue weighted by atomic mass is 35.5. The number of hydrogen-bond donors (Lipinski definition) is 3. The maximum absolute atomic E-state index is 11.6. The molecule has 0 spiro atoms. The molecule has 1 aromatic carbocycles. The second kappa shape index (κ2) is 5.89. The molecule has 4 nitrogen and oxygen atoms in total. The van der Waals surface area contributed by atoms with Crippen LogP contribution in [0.5, 0.6) is 0 Å². The third-order valence-electron chi connectivity index (χ3n) is 1.70. The smallest absolute Gasteiger partial charge is 0.269 e. The van der Waals surface area contributed by atoms with Gasteiger partial charge in [0.15, 0.2) is 5.11 Å². The standard InChI is InChI=1S/C9H9Cl2N3OS/c1-12-9(16)14-13-8(15)5-2-3-6(10)7(11)4-5/h2-4H,1H3,(H,13,15)(H2,12,14,16). The number of nitrogens with one attached hydrogen (secondary N) is 3. The third-order valence-corrected chi connectivity index (χ3v) is 2.74. The molecule has 7 heteroatoms. The topological polar surface area (TPSA) is 53.2 Å². The number of thiocarbonyl (C=S) groups is 1. The van der Waals surface area contributed by atoms with Crippen LogP contribution in [0.25, 0.3) is 0 Å². The van der Waals surface area contributed by atoms with Crippen LogP contribution < -0.4 is 16.2 Å². The zero-order valence-electron chi connectivity index (χ0n) is 8.30. The predicted octanol–water partition coefficient (Wildman–Crippen LogP) is 1.73. The van der Waals surface area contributed by atoms with Crippen LogP contribution in [0.15, 0.2) is 18.2 Å². The Labute approximate surface area is 108 Å². The molecule has 0 fully saturated rings. The van der Waals surface area contributed by atoms with Crippen molar-refractivity contribution in [2.24, 2.45) is 0 Å². The Morgan fingerprint density at radius 1 is 1.25 bits per heavy atom. The van der Waals surface area contributed by atoms with Gasteiger partial charge in [-0.1, -0.05) is 23.2 Å². The normalized spacial score (nSPS) is 9.44. The molecule has 16 heavy (non-hydrogen) atoms. The highest BCUT2D eigenvalue weighted by molar-refractivity contribution is 7.80. The maximum atomic E-state index is 11.6. The zero-order chi connectivity index (χ0) is 12.1. The van der Waals surface area contributed by atoms with Crippen molar-refractivity contribution in [1.29, 1.82) is 0 Å². The van der Waals surface area contributed by atoms with Crippen LogP contribution >= 0.6 is 35.4 Å². The van der Waals surface area contributed by atoms with E-state index in [9.17, 15) is 4.79 Å². The van der Waals surface area contributed by atoms with Gasteiger partial charge in [-0.25, -0.2) is 0 Å². The summed E-state index contributed by atoms with van der Waals surface area (Å²) in [5.74, 6) is -0.351. The van der Waals surface area contributed by atoms with Gasteiger partial charge in [-0.3, -0.25) is 15.6 Å². The second-order valence-corrected chi connectivity index (χ2v) is 4.01. The van der Waals surface area contributed by atoms with Gasteiger partial charge in [-0.05, 0) is 30.4 Å². The van der Waals surface area contributed by atoms with Crippen molar-refractivity contribution in [3.8, 4) is 0 Å². The molecule has 0 saturated carbocycles. The summed E-state index contributed by atoms with van der Waals surface area (Å²) in [7, 11) is 1.64. The lowest BCUT2D eigenvalue weighted by Crippen LogP contribution is -2.45. The SMILES string of the molecule is CNC(=S)NNC(=O)c1ccc(Cl)c(Cl)c1. The lowest BCUT2D eigenvalue weighted by Gasteiger charge is -2.09. The third kappa shape index (κ3) is 3.52. The first-order valence-electron chi connectivity index (χ1n) is 4.27. The first kappa shape index (κ1) is 13.0. The second-order valence-electron chi connectivity index (χ2n) is 2.79. The van der Waals surface area contributed by atoms with Crippen molar-refractivity contribution >= 4 is 46.4 Å². The van der Waals surface area contributed by atoms with E-state index in [0.717, 1.165) is 0 Å². The van der Waals surface area contributed by atoms with E-state index in [1.807, 2.05) is 0 Å². The molecule has 1 amide bonds. The Hall–Kier alpha value is -1.04. The molecule has 0 bridgehead atoms. The van der Waals surface area contributed by atoms with Crippen molar-refractivity contribution in [3.05, 3.63) is 33.8 Å². The highest BCUT2D eigenvalue weighted by Gasteiger charge is 2.07. The summed E-state index contributed by atoms with van der Waals surface area (Å²) in [5, 5.41) is 3.69. The minimum atomic E-state index is -0.351. The van der Waals surface area contributed by atoms with Gasteiger partial charge >= 0.3 is 0 Å². The zero-order valence-corrected chi connectivity index (χ0v) is 10.6. The van der Waals surface area contributed by atoms with Crippen LogP contribution in [0.1, 0.15) is 10.4 Å². The molecule has 0 atom stereocenters. The van der Waals surface area contributed by atoms with Crippen LogP contribution in [0.3, 0.4) is 0 Å². The van der Waals surface area contributed by atoms with Crippen molar-refractivity contribution in [3.63, 3.8) is 0 Å². The van der Waals surface area contributed by atoms with E-state index in [2.05, 4.69) is 16.2 Å². The molecule has 0 radical (unpaired) electrons. The van der Waals surface area contributed by atoms with Crippen LogP contribution in [0.4, 0.5) is 0 Å². The van der Waals surface area contributed by atoms with Gasteiger partial charge in [0.2, 0.25) is 0 Å². The van der Waals surface area contributed by atoms with Crippen LogP contribution in [0.2, 0.25) is 10.0 Å². The first-order valence-corrected chi connectivity index (χ1v) is 5.44. The van der Waals surface area contributed by atoms with E-state index in [1.165, 1.54) is 6.07 Å². The van der Waals surface area contributed by atoms with Crippen LogP contribution in [-0.2, 0) is 0 Å². The Kier molecular flexibility index (Phi) is 4.79. The molecule has 0 saturated heterocycles. The molecule has 86 valence electrons. The summed E-state index contributed by atoms with van der Waals surface area (Å²) in [6.45, 7) is 0. The van der Waals surface area contributed by atoms with Gasteiger partial charge in [0.1, 0.15) is 0 Å². The van der Waals surface area contributed by atoms with Gasteiger partial charge < -0.3 is 5.32 Å². The molecule has 1 aromatic rings. The van der Waals surface area contributed by atoms with Gasteiger partial charge in [0.05, 0.1) is 10.0 Å². The summed E-state index contributed by atoms with van der Waals surface area (Å²) in [5.41, 5.74) is 5.30. The molecule has 0 aliphatic rings. The summed E-state index contributed by atoms with van der Waals surface area (Å²) < 4.78 is 0. The number of amides is 1. The lowest BCUT2D eigenvalue weighted by molar-refractivity contribution is 0.0944. The van der Waals surface area contributed by atoms with Gasteiger partial charge in [0, 0.05) is 12.6 Å². The summed E-state index contributed by atoms with van der Waals surface area (Å²) >= 11 is 16.3. The molecular weight excluding hydrogens is 269 g/mol. The molecule has 3 N–H and O–H groups in total. The summed E-state index contributed by atoms with van der Waals surface area (Å²) in [6.07, 6.45) is 0. The number of benzene rings is 1. The number of hydrogen-bond acceptors (Lipinski definition) is 2. The van der Waals surface area contributed by atoms with Gasteiger partial charge in [0.25, 0.3) is 5.91 Å². The van der Waals surface area contributed by atoms with Crippen molar-refractivity contribution in [2.45, 2.75) is 0 Å². The summed E-state index contributed by atoms with van der Waals surface area (Å²) in [4.78, 5) is 11.6. The maximum Gasteiger partial charge on any atom is 0.269 e. The molecular formula is C9H9Cl2N3OS. The van der Waals surface area contributed by atoms with E-state index in [-0.39, 0.29) is 5.91 Å². The number of rotatable bonds is 1. The van der Waals surface area contributed by atoms with E-state index >= 15 is 0 Å². The first-order chi connectivity index (χ1) is 7.54. The molecule has 0 heterocycles. The number of carbonyl (C=O) groups is 1. The Morgan fingerprint density at radius 2 is 1.94 bits per heavy atom. The predicted molar refractivity (Wildman–Crippen MR) is 68.7 cm³/mol. The summed E-state index contributed by atoms with van der Waals surface area (Å²) in [6, 6.07) is 4.59. The van der Waals surface area contributed by atoms with E-state index in [4.69, 9.17) is 35.4 Å². The monoisotopic (exact) mass is 277 g/mol. The Morgan fingerprint density at radius 3 is 2.50 bits per heavy atom. The Balaban J connectivity index is 2.66. The average Bonchev–Trinajstić information content (AvgIpc) is 2.29. The van der Waals surface area contributed by atoms with Gasteiger partial charge in [-0.15, -0.1) is 0 Å². The molecule has 0 aliphatic heterocycles. The minimum absolute atomic E-state index is 0.313. The van der Waals surface area contributed by atoms with Crippen LogP contribution in [0, 0.1) is 0 Å². The highest BCUT2D eigenvalue weighted by Crippen LogP contribution is 2.22. The number of carbonyl (C=O) groups excluding carboxylic acids is 1. The van der Waals surface area contributed by atoms with E-state index in [0.29, 0.717) is 20.7 Å². The van der Waals surface area contributed by atoms with Gasteiger partial charge in [-0.2, -0.15) is 0 Å². The minimum Gasteiger partial charge on any atom is -0.364 e. The number of halogens is 2. The fourth-order valence-corrected chi connectivity index (χ4v) is 1.23. The molecule has 0 unspecified atom stereocenters. The van der Waals surface area contributed by atoms with E-state index < -0.39 is 0 Å². The average molecular weight is 278 g/mol. The quantitative estimate of drug-likeness (QED) is 0.541. The molecule has 1 rings (SSSR count). The fourth-order valence-electron chi connectivity index (χ4n) is 0.886. The van der Waals surface area contributed by atoms with E-state index in [1.54, 1.807) is 19.2 Å². The molecule has 0 aliphatic carbocycles. The van der Waals surface area contributed by atoms with Crippen LogP contribution in [-0.4, -0.2) is 18.1 Å². The largest absolute Gasteiger partial charge is 0.364 e. The number of hydrazine groups is 1. The molecule has 0 aromatic heterocycles.